The van der Waals surface area contributed by atoms with Gasteiger partial charge in [-0.25, -0.2) is 0 Å². The average Bonchev–Trinajstić information content (AvgIpc) is 3.44. The minimum Gasteiger partial charge on any atom is -0.492 e. The number of anilines is 2. The number of likely N-dealkylation sites (tertiary alicyclic amines) is 2. The summed E-state index contributed by atoms with van der Waals surface area (Å²) in [6.07, 6.45) is 1.26. The molecule has 1 N–H and O–H groups in total. The maximum Gasteiger partial charge on any atom is 0.122 e. The number of para-hydroxylation sites is 1. The lowest BCUT2D eigenvalue weighted by atomic mass is 10.1. The van der Waals surface area contributed by atoms with Crippen molar-refractivity contribution in [1.82, 2.24) is 14.8 Å². The van der Waals surface area contributed by atoms with Crippen molar-refractivity contribution in [2.75, 3.05) is 31.6 Å². The van der Waals surface area contributed by atoms with Crippen LogP contribution in [0.4, 0.5) is 11.4 Å². The van der Waals surface area contributed by atoms with Crippen LogP contribution in [0.25, 0.3) is 10.9 Å². The Balaban J connectivity index is 1.06. The summed E-state index contributed by atoms with van der Waals surface area (Å²) in [6, 6.07) is 28.1. The molecule has 0 spiro atoms. The van der Waals surface area contributed by atoms with Gasteiger partial charge in [0.2, 0.25) is 0 Å². The summed E-state index contributed by atoms with van der Waals surface area (Å²) in [5, 5.41) is 5.26. The summed E-state index contributed by atoms with van der Waals surface area (Å²) in [7, 11) is 0. The molecule has 0 unspecified atom stereocenters. The highest BCUT2D eigenvalue weighted by molar-refractivity contribution is 6.31. The average molecular weight is 499 g/mol. The van der Waals surface area contributed by atoms with Crippen molar-refractivity contribution in [3.63, 3.8) is 0 Å². The Hall–Kier alpha value is -3.12. The van der Waals surface area contributed by atoms with E-state index in [0.717, 1.165) is 59.9 Å². The van der Waals surface area contributed by atoms with Crippen molar-refractivity contribution in [2.45, 2.75) is 32.0 Å². The van der Waals surface area contributed by atoms with Crippen molar-refractivity contribution >= 4 is 33.9 Å². The van der Waals surface area contributed by atoms with Crippen LogP contribution in [0.2, 0.25) is 5.02 Å². The van der Waals surface area contributed by atoms with Crippen LogP contribution in [0.5, 0.6) is 5.75 Å². The normalized spacial score (nSPS) is 19.7. The predicted octanol–water partition coefficient (Wildman–Crippen LogP) is 6.28. The second-order valence-corrected chi connectivity index (χ2v) is 10.4. The number of nitrogens with one attached hydrogen (secondary N) is 1. The molecule has 2 aliphatic heterocycles. The van der Waals surface area contributed by atoms with Crippen molar-refractivity contribution in [2.24, 2.45) is 0 Å². The van der Waals surface area contributed by atoms with Gasteiger partial charge in [0, 0.05) is 71.8 Å². The van der Waals surface area contributed by atoms with Gasteiger partial charge >= 0.3 is 0 Å². The monoisotopic (exact) mass is 498 g/mol. The summed E-state index contributed by atoms with van der Waals surface area (Å²) in [6.45, 7) is 6.91. The van der Waals surface area contributed by atoms with Crippen LogP contribution in [0.3, 0.4) is 0 Å². The largest absolute Gasteiger partial charge is 0.492 e. The van der Waals surface area contributed by atoms with Crippen LogP contribution >= 0.6 is 11.6 Å². The van der Waals surface area contributed by atoms with Crippen molar-refractivity contribution < 1.29 is 4.74 Å². The number of fused-ring (bicyclic) bond motifs is 3. The highest BCUT2D eigenvalue weighted by Crippen LogP contribution is 2.33. The van der Waals surface area contributed by atoms with Gasteiger partial charge in [-0.3, -0.25) is 14.8 Å². The molecular weight excluding hydrogens is 468 g/mol. The first-order valence-corrected chi connectivity index (χ1v) is 13.1. The van der Waals surface area contributed by atoms with Crippen molar-refractivity contribution in [3.05, 3.63) is 95.1 Å². The van der Waals surface area contributed by atoms with Crippen LogP contribution in [0.15, 0.2) is 78.9 Å². The first-order chi connectivity index (χ1) is 17.6. The number of rotatable bonds is 8. The molecule has 6 heteroatoms. The summed E-state index contributed by atoms with van der Waals surface area (Å²) >= 11 is 6.46. The second kappa shape index (κ2) is 10.1. The van der Waals surface area contributed by atoms with Gasteiger partial charge in [-0.2, -0.15) is 0 Å². The van der Waals surface area contributed by atoms with Gasteiger partial charge in [-0.15, -0.1) is 0 Å². The first-order valence-electron chi connectivity index (χ1n) is 12.7. The quantitative estimate of drug-likeness (QED) is 0.309. The van der Waals surface area contributed by atoms with E-state index in [1.54, 1.807) is 0 Å². The van der Waals surface area contributed by atoms with Crippen LogP contribution in [0, 0.1) is 6.92 Å². The van der Waals surface area contributed by atoms with Gasteiger partial charge < -0.3 is 10.1 Å². The number of benzene rings is 3. The zero-order chi connectivity index (χ0) is 24.5. The lowest BCUT2D eigenvalue weighted by molar-refractivity contribution is 0.109. The smallest absolute Gasteiger partial charge is 0.122 e. The Morgan fingerprint density at radius 2 is 1.72 bits per heavy atom. The molecular formula is C30H31ClN4O. The molecule has 5 nitrogen and oxygen atoms in total. The number of aryl methyl sites for hydroxylation is 1. The third-order valence-corrected chi connectivity index (χ3v) is 7.56. The summed E-state index contributed by atoms with van der Waals surface area (Å²) in [5.41, 5.74) is 5.27. The lowest BCUT2D eigenvalue weighted by Gasteiger charge is -2.34. The van der Waals surface area contributed by atoms with Crippen molar-refractivity contribution in [1.29, 1.82) is 0 Å². The fourth-order valence-electron chi connectivity index (χ4n) is 5.68. The van der Waals surface area contributed by atoms with Crippen LogP contribution < -0.4 is 10.1 Å². The van der Waals surface area contributed by atoms with E-state index in [2.05, 4.69) is 62.6 Å². The molecule has 4 aromatic rings. The molecule has 184 valence electrons. The third-order valence-electron chi connectivity index (χ3n) is 7.34. The molecule has 3 heterocycles. The number of nitrogens with zero attached hydrogens (tertiary/aromatic N) is 3. The van der Waals surface area contributed by atoms with Crippen LogP contribution in [0.1, 0.15) is 17.7 Å². The maximum atomic E-state index is 6.46. The van der Waals surface area contributed by atoms with E-state index in [1.165, 1.54) is 12.0 Å². The molecule has 0 amide bonds. The Morgan fingerprint density at radius 3 is 2.56 bits per heavy atom. The molecule has 0 saturated carbocycles. The van der Waals surface area contributed by atoms with Gasteiger partial charge in [0.1, 0.15) is 12.4 Å². The van der Waals surface area contributed by atoms with E-state index in [9.17, 15) is 0 Å². The van der Waals surface area contributed by atoms with Crippen LogP contribution in [-0.4, -0.2) is 53.1 Å². The Bertz CT molecular complexity index is 1360. The third kappa shape index (κ3) is 5.05. The minimum atomic E-state index is 0.627. The SMILES string of the molecule is Cc1cc(Nc2cc(Cl)cc(OCCN3C[C@@H]4C[C@H]3CN4Cc3ccccc3)c2)c2ccccc2n1. The van der Waals surface area contributed by atoms with Crippen LogP contribution in [-0.2, 0) is 6.54 Å². The number of hydrogen-bond donors (Lipinski definition) is 1. The number of aromatic nitrogens is 1. The number of ether oxygens (including phenoxy) is 1. The van der Waals surface area contributed by atoms with E-state index < -0.39 is 0 Å². The standard InChI is InChI=1S/C30H31ClN4O/c1-21-13-30(28-9-5-6-10-29(28)32-21)33-24-14-23(31)15-27(16-24)36-12-11-34-19-26-17-25(34)20-35(26)18-22-7-3-2-4-8-22/h2-10,13-16,25-26H,11-12,17-20H2,1H3,(H,32,33)/t25-,26-/m0/s1. The molecule has 2 fully saturated rings. The zero-order valence-electron chi connectivity index (χ0n) is 20.5. The molecule has 6 rings (SSSR count). The lowest BCUT2D eigenvalue weighted by Crippen LogP contribution is -2.47. The Kier molecular flexibility index (Phi) is 6.53. The Labute approximate surface area is 217 Å². The number of hydrogen-bond acceptors (Lipinski definition) is 5. The Morgan fingerprint density at radius 1 is 0.944 bits per heavy atom. The highest BCUT2D eigenvalue weighted by atomic mass is 35.5. The molecule has 36 heavy (non-hydrogen) atoms. The summed E-state index contributed by atoms with van der Waals surface area (Å²) < 4.78 is 6.18. The molecule has 2 bridgehead atoms. The minimum absolute atomic E-state index is 0.627. The maximum absolute atomic E-state index is 6.46. The van der Waals surface area contributed by atoms with Gasteiger partial charge in [0.25, 0.3) is 0 Å². The van der Waals surface area contributed by atoms with E-state index in [0.29, 0.717) is 23.7 Å². The van der Waals surface area contributed by atoms with E-state index in [1.807, 2.05) is 43.3 Å². The predicted molar refractivity (Wildman–Crippen MR) is 147 cm³/mol. The fraction of sp³-hybridized carbons (Fsp3) is 0.300. The highest BCUT2D eigenvalue weighted by Gasteiger charge is 2.42. The molecule has 1 aromatic heterocycles. The van der Waals surface area contributed by atoms with E-state index in [-0.39, 0.29) is 0 Å². The fourth-order valence-corrected chi connectivity index (χ4v) is 5.91. The number of pyridine rings is 1. The zero-order valence-corrected chi connectivity index (χ0v) is 21.3. The molecule has 0 aliphatic carbocycles. The second-order valence-electron chi connectivity index (χ2n) is 9.93. The van der Waals surface area contributed by atoms with Gasteiger partial charge in [0.15, 0.2) is 0 Å². The summed E-state index contributed by atoms with van der Waals surface area (Å²) in [5.74, 6) is 0.787. The first kappa shape index (κ1) is 23.3. The van der Waals surface area contributed by atoms with Crippen molar-refractivity contribution in [3.8, 4) is 5.75 Å². The van der Waals surface area contributed by atoms with Gasteiger partial charge in [-0.1, -0.05) is 60.1 Å². The molecule has 2 atom stereocenters. The molecule has 0 radical (unpaired) electrons. The van der Waals surface area contributed by atoms with Gasteiger partial charge in [-0.05, 0) is 43.2 Å². The summed E-state index contributed by atoms with van der Waals surface area (Å²) in [4.78, 5) is 9.86. The number of halogens is 1. The number of piperazine rings is 1. The topological polar surface area (TPSA) is 40.6 Å². The van der Waals surface area contributed by atoms with E-state index in [4.69, 9.17) is 16.3 Å². The van der Waals surface area contributed by atoms with E-state index >= 15 is 0 Å². The molecule has 2 saturated heterocycles. The molecule has 2 aliphatic rings. The molecule has 3 aromatic carbocycles. The van der Waals surface area contributed by atoms with Gasteiger partial charge in [0.05, 0.1) is 5.52 Å².